The highest BCUT2D eigenvalue weighted by atomic mass is 32.1. The van der Waals surface area contributed by atoms with Crippen LogP contribution in [0, 0.1) is 17.1 Å². The van der Waals surface area contributed by atoms with E-state index >= 15 is 0 Å². The minimum Gasteiger partial charge on any atom is -0.205 e. The summed E-state index contributed by atoms with van der Waals surface area (Å²) in [4.78, 5) is 0. The molecule has 0 saturated carbocycles. The maximum atomic E-state index is 13.2. The predicted molar refractivity (Wildman–Crippen MR) is 55.9 cm³/mol. The lowest BCUT2D eigenvalue weighted by atomic mass is 10.0. The molecule has 0 aliphatic rings. The lowest BCUT2D eigenvalue weighted by Gasteiger charge is -2.00. The van der Waals surface area contributed by atoms with Crippen LogP contribution in [0.25, 0.3) is 10.1 Å². The molecule has 14 heavy (non-hydrogen) atoms. The largest absolute Gasteiger partial charge is 0.205 e. The van der Waals surface area contributed by atoms with E-state index in [1.165, 1.54) is 16.7 Å². The Bertz CT molecular complexity index is 522. The molecule has 0 N–H and O–H groups in total. The van der Waals surface area contributed by atoms with Crippen LogP contribution in [0.1, 0.15) is 18.1 Å². The van der Waals surface area contributed by atoms with Gasteiger partial charge in [-0.2, -0.15) is 5.26 Å². The van der Waals surface area contributed by atoms with Gasteiger partial charge in [-0.25, -0.2) is 4.39 Å². The van der Waals surface area contributed by atoms with Gasteiger partial charge in [0.2, 0.25) is 0 Å². The number of aryl methyl sites for hydroxylation is 1. The van der Waals surface area contributed by atoms with Gasteiger partial charge in [0.15, 0.2) is 0 Å². The Balaban J connectivity index is 2.79. The quantitative estimate of drug-likeness (QED) is 0.699. The first-order valence-corrected chi connectivity index (χ1v) is 5.24. The van der Waals surface area contributed by atoms with Gasteiger partial charge in [0, 0.05) is 15.5 Å². The molecule has 3 heteroatoms. The molecular formula is C11H8FNS. The highest BCUT2D eigenvalue weighted by Gasteiger charge is 2.07. The van der Waals surface area contributed by atoms with Gasteiger partial charge in [-0.3, -0.25) is 0 Å². The molecule has 0 saturated heterocycles. The van der Waals surface area contributed by atoms with Gasteiger partial charge >= 0.3 is 0 Å². The summed E-state index contributed by atoms with van der Waals surface area (Å²) in [6.07, 6.45) is 0.758. The zero-order valence-electron chi connectivity index (χ0n) is 7.67. The summed E-state index contributed by atoms with van der Waals surface area (Å²) < 4.78 is 14.1. The van der Waals surface area contributed by atoms with Gasteiger partial charge < -0.3 is 0 Å². The van der Waals surface area contributed by atoms with Gasteiger partial charge in [0.05, 0.1) is 11.6 Å². The van der Waals surface area contributed by atoms with Crippen LogP contribution in [-0.2, 0) is 6.42 Å². The highest BCUT2D eigenvalue weighted by Crippen LogP contribution is 2.27. The Morgan fingerprint density at radius 3 is 2.93 bits per heavy atom. The van der Waals surface area contributed by atoms with E-state index in [4.69, 9.17) is 5.26 Å². The van der Waals surface area contributed by atoms with Crippen molar-refractivity contribution >= 4 is 21.4 Å². The molecule has 1 nitrogen and oxygen atoms in total. The van der Waals surface area contributed by atoms with Gasteiger partial charge in [0.1, 0.15) is 5.82 Å². The minimum absolute atomic E-state index is 0.191. The zero-order chi connectivity index (χ0) is 10.1. The van der Waals surface area contributed by atoms with Crippen molar-refractivity contribution in [3.8, 4) is 6.07 Å². The van der Waals surface area contributed by atoms with Crippen molar-refractivity contribution < 1.29 is 4.39 Å². The third-order valence-electron chi connectivity index (χ3n) is 2.25. The summed E-state index contributed by atoms with van der Waals surface area (Å²) in [6, 6.07) is 5.68. The minimum atomic E-state index is -0.191. The number of nitriles is 1. The monoisotopic (exact) mass is 205 g/mol. The molecule has 1 aromatic heterocycles. The average Bonchev–Trinajstić information content (AvgIpc) is 2.58. The first-order chi connectivity index (χ1) is 6.76. The Hall–Kier alpha value is -1.40. The predicted octanol–water partition coefficient (Wildman–Crippen LogP) is 3.47. The van der Waals surface area contributed by atoms with E-state index in [1.807, 2.05) is 6.92 Å². The second-order valence-electron chi connectivity index (χ2n) is 3.05. The number of thiophene rings is 1. The Labute approximate surface area is 85.4 Å². The van der Waals surface area contributed by atoms with E-state index in [0.717, 1.165) is 16.7 Å². The maximum Gasteiger partial charge on any atom is 0.141 e. The summed E-state index contributed by atoms with van der Waals surface area (Å²) in [7, 11) is 0. The molecule has 0 aliphatic carbocycles. The van der Waals surface area contributed by atoms with E-state index < -0.39 is 0 Å². The van der Waals surface area contributed by atoms with Gasteiger partial charge in [-0.15, -0.1) is 11.3 Å². The van der Waals surface area contributed by atoms with Crippen molar-refractivity contribution in [3.63, 3.8) is 0 Å². The highest BCUT2D eigenvalue weighted by molar-refractivity contribution is 7.17. The molecule has 0 spiro atoms. The smallest absolute Gasteiger partial charge is 0.141 e. The zero-order valence-corrected chi connectivity index (χ0v) is 8.49. The van der Waals surface area contributed by atoms with Crippen LogP contribution < -0.4 is 0 Å². The average molecular weight is 205 g/mol. The third-order valence-corrected chi connectivity index (χ3v) is 3.17. The van der Waals surface area contributed by atoms with Crippen molar-refractivity contribution in [2.75, 3.05) is 0 Å². The van der Waals surface area contributed by atoms with Crippen molar-refractivity contribution in [1.82, 2.24) is 0 Å². The van der Waals surface area contributed by atoms with Gasteiger partial charge in [0.25, 0.3) is 0 Å². The lowest BCUT2D eigenvalue weighted by molar-refractivity contribution is 0.644. The molecule has 0 unspecified atom stereocenters. The molecule has 0 radical (unpaired) electrons. The molecule has 1 aromatic carbocycles. The second-order valence-corrected chi connectivity index (χ2v) is 3.97. The SMILES string of the molecule is CCc1cc2c(F)csc2cc1C#N. The van der Waals surface area contributed by atoms with Gasteiger partial charge in [-0.05, 0) is 24.1 Å². The fourth-order valence-electron chi connectivity index (χ4n) is 1.48. The van der Waals surface area contributed by atoms with E-state index in [1.54, 1.807) is 12.1 Å². The lowest BCUT2D eigenvalue weighted by Crippen LogP contribution is -1.86. The van der Waals surface area contributed by atoms with E-state index in [-0.39, 0.29) is 5.82 Å². The van der Waals surface area contributed by atoms with Crippen LogP contribution in [0.5, 0.6) is 0 Å². The molecular weight excluding hydrogens is 197 g/mol. The Morgan fingerprint density at radius 2 is 2.29 bits per heavy atom. The molecule has 70 valence electrons. The maximum absolute atomic E-state index is 13.2. The number of nitrogens with zero attached hydrogens (tertiary/aromatic N) is 1. The fourth-order valence-corrected chi connectivity index (χ4v) is 2.31. The fraction of sp³-hybridized carbons (Fsp3) is 0.182. The van der Waals surface area contributed by atoms with Crippen LogP contribution >= 0.6 is 11.3 Å². The molecule has 0 amide bonds. The number of halogens is 1. The molecule has 2 rings (SSSR count). The van der Waals surface area contributed by atoms with E-state index in [9.17, 15) is 4.39 Å². The Morgan fingerprint density at radius 1 is 1.50 bits per heavy atom. The molecule has 1 heterocycles. The summed E-state index contributed by atoms with van der Waals surface area (Å²) >= 11 is 1.34. The van der Waals surface area contributed by atoms with Crippen LogP contribution in [0.15, 0.2) is 17.5 Å². The Kier molecular flexibility index (Phi) is 2.22. The second kappa shape index (κ2) is 3.39. The van der Waals surface area contributed by atoms with Crippen LogP contribution in [0.2, 0.25) is 0 Å². The number of hydrogen-bond donors (Lipinski definition) is 0. The van der Waals surface area contributed by atoms with Crippen molar-refractivity contribution in [2.45, 2.75) is 13.3 Å². The summed E-state index contributed by atoms with van der Waals surface area (Å²) in [6.45, 7) is 1.96. The number of hydrogen-bond acceptors (Lipinski definition) is 2. The van der Waals surface area contributed by atoms with Crippen molar-refractivity contribution in [3.05, 3.63) is 34.5 Å². The van der Waals surface area contributed by atoms with Gasteiger partial charge in [-0.1, -0.05) is 6.92 Å². The summed E-state index contributed by atoms with van der Waals surface area (Å²) in [5, 5.41) is 11.0. The number of benzene rings is 1. The molecule has 0 atom stereocenters. The van der Waals surface area contributed by atoms with E-state index in [0.29, 0.717) is 10.9 Å². The summed E-state index contributed by atoms with van der Waals surface area (Å²) in [5.41, 5.74) is 1.57. The normalized spacial score (nSPS) is 10.4. The first-order valence-electron chi connectivity index (χ1n) is 4.36. The molecule has 0 bridgehead atoms. The third kappa shape index (κ3) is 1.28. The van der Waals surface area contributed by atoms with Crippen molar-refractivity contribution in [2.24, 2.45) is 0 Å². The topological polar surface area (TPSA) is 23.8 Å². The van der Waals surface area contributed by atoms with Crippen LogP contribution in [-0.4, -0.2) is 0 Å². The van der Waals surface area contributed by atoms with Crippen LogP contribution in [0.4, 0.5) is 4.39 Å². The van der Waals surface area contributed by atoms with Crippen molar-refractivity contribution in [1.29, 1.82) is 5.26 Å². The number of fused-ring (bicyclic) bond motifs is 1. The standard InChI is InChI=1S/C11H8FNS/c1-2-7-3-9-10(12)6-14-11(9)4-8(7)5-13/h3-4,6H,2H2,1H3. The first kappa shape index (κ1) is 9.17. The number of rotatable bonds is 1. The summed E-state index contributed by atoms with van der Waals surface area (Å²) in [5.74, 6) is -0.191. The van der Waals surface area contributed by atoms with Crippen LogP contribution in [0.3, 0.4) is 0 Å². The molecule has 0 fully saturated rings. The van der Waals surface area contributed by atoms with E-state index in [2.05, 4.69) is 6.07 Å². The molecule has 0 aliphatic heterocycles. The molecule has 2 aromatic rings.